The Kier molecular flexibility index (Phi) is 3.45. The second-order valence-electron chi connectivity index (χ2n) is 2.54. The minimum atomic E-state index is -5.07. The quantitative estimate of drug-likeness (QED) is 0.795. The Hall–Kier alpha value is -1.26. The number of aromatic carboxylic acids is 1. The molecule has 0 aromatic carbocycles. The number of alkyl halides is 3. The molecule has 0 atom stereocenters. The predicted octanol–water partition coefficient (Wildman–Crippen LogP) is 1.58. The Balaban J connectivity index is 3.31. The first-order valence-electron chi connectivity index (χ1n) is 3.62. The average Bonchev–Trinajstić information content (AvgIpc) is 2.07. The summed E-state index contributed by atoms with van der Waals surface area (Å²) in [7, 11) is 0. The van der Waals surface area contributed by atoms with Crippen molar-refractivity contribution in [3.05, 3.63) is 25.6 Å². The van der Waals surface area contributed by atoms with Gasteiger partial charge in [0.25, 0.3) is 5.56 Å². The number of nitrogens with one attached hydrogen (secondary N) is 1. The van der Waals surface area contributed by atoms with Crippen molar-refractivity contribution in [3.8, 4) is 5.88 Å². The molecule has 0 spiro atoms. The molecule has 0 saturated carbocycles. The zero-order valence-electron chi connectivity index (χ0n) is 7.26. The molecule has 0 radical (unpaired) electrons. The lowest BCUT2D eigenvalue weighted by molar-refractivity contribution is -0.276. The summed E-state index contributed by atoms with van der Waals surface area (Å²) >= 11 is 1.49. The monoisotopic (exact) mass is 349 g/mol. The van der Waals surface area contributed by atoms with Gasteiger partial charge in [0.1, 0.15) is 5.56 Å². The normalized spacial score (nSPS) is 11.2. The third-order valence-electron chi connectivity index (χ3n) is 1.41. The molecule has 0 aliphatic rings. The van der Waals surface area contributed by atoms with Gasteiger partial charge in [-0.2, -0.15) is 0 Å². The van der Waals surface area contributed by atoms with Crippen LogP contribution in [0.1, 0.15) is 10.4 Å². The Bertz CT molecular complexity index is 482. The van der Waals surface area contributed by atoms with Gasteiger partial charge >= 0.3 is 12.3 Å². The second-order valence-corrected chi connectivity index (χ2v) is 3.70. The van der Waals surface area contributed by atoms with Gasteiger partial charge in [0, 0.05) is 0 Å². The van der Waals surface area contributed by atoms with Crippen LogP contribution < -0.4 is 10.3 Å². The highest BCUT2D eigenvalue weighted by Crippen LogP contribution is 2.23. The summed E-state index contributed by atoms with van der Waals surface area (Å²) in [5, 5.41) is 8.61. The molecule has 9 heteroatoms. The van der Waals surface area contributed by atoms with Crippen LogP contribution in [0.5, 0.6) is 5.88 Å². The van der Waals surface area contributed by atoms with E-state index in [0.717, 1.165) is 6.07 Å². The maximum absolute atomic E-state index is 11.9. The van der Waals surface area contributed by atoms with E-state index in [0.29, 0.717) is 0 Å². The molecule has 16 heavy (non-hydrogen) atoms. The third kappa shape index (κ3) is 3.12. The fraction of sp³-hybridized carbons (Fsp3) is 0.143. The van der Waals surface area contributed by atoms with E-state index in [-0.39, 0.29) is 3.57 Å². The van der Waals surface area contributed by atoms with Gasteiger partial charge in [0.2, 0.25) is 5.88 Å². The molecule has 1 aromatic rings. The van der Waals surface area contributed by atoms with Crippen molar-refractivity contribution in [3.63, 3.8) is 0 Å². The van der Waals surface area contributed by atoms with Crippen LogP contribution in [0.3, 0.4) is 0 Å². The van der Waals surface area contributed by atoms with Gasteiger partial charge in [-0.1, -0.05) is 0 Å². The van der Waals surface area contributed by atoms with Gasteiger partial charge in [-0.25, -0.2) is 4.79 Å². The minimum Gasteiger partial charge on any atom is -0.477 e. The highest BCUT2D eigenvalue weighted by atomic mass is 127. The molecule has 0 aliphatic carbocycles. The molecule has 1 aromatic heterocycles. The molecule has 5 nitrogen and oxygen atoms in total. The van der Waals surface area contributed by atoms with Crippen molar-refractivity contribution >= 4 is 28.6 Å². The average molecular weight is 349 g/mol. The third-order valence-corrected chi connectivity index (χ3v) is 2.21. The highest BCUT2D eigenvalue weighted by Gasteiger charge is 2.33. The van der Waals surface area contributed by atoms with E-state index >= 15 is 0 Å². The van der Waals surface area contributed by atoms with E-state index in [4.69, 9.17) is 5.11 Å². The number of aromatic amines is 1. The molecule has 0 aliphatic heterocycles. The van der Waals surface area contributed by atoms with Gasteiger partial charge in [0.15, 0.2) is 0 Å². The molecule has 0 amide bonds. The number of hydrogen-bond acceptors (Lipinski definition) is 3. The SMILES string of the molecule is O=C(O)c1cc(I)c(=O)[nH]c1OC(F)(F)F. The van der Waals surface area contributed by atoms with Crippen molar-refractivity contribution in [2.45, 2.75) is 6.36 Å². The summed E-state index contributed by atoms with van der Waals surface area (Å²) in [5.41, 5.74) is -1.62. The summed E-state index contributed by atoms with van der Waals surface area (Å²) in [6.07, 6.45) is -5.07. The summed E-state index contributed by atoms with van der Waals surface area (Å²) in [6, 6.07) is 0.794. The first kappa shape index (κ1) is 12.8. The van der Waals surface area contributed by atoms with Gasteiger partial charge in [-0.3, -0.25) is 9.78 Å². The second kappa shape index (κ2) is 4.31. The molecule has 1 rings (SSSR count). The van der Waals surface area contributed by atoms with E-state index in [2.05, 4.69) is 4.74 Å². The molecule has 0 saturated heterocycles. The number of hydrogen-bond donors (Lipinski definition) is 2. The maximum atomic E-state index is 11.9. The fourth-order valence-corrected chi connectivity index (χ4v) is 1.29. The van der Waals surface area contributed by atoms with Crippen LogP contribution in [-0.2, 0) is 0 Å². The smallest absolute Gasteiger partial charge is 0.477 e. The zero-order valence-corrected chi connectivity index (χ0v) is 9.42. The van der Waals surface area contributed by atoms with E-state index in [9.17, 15) is 22.8 Å². The highest BCUT2D eigenvalue weighted by molar-refractivity contribution is 14.1. The Labute approximate surface area is 99.4 Å². The number of ether oxygens (including phenoxy) is 1. The minimum absolute atomic E-state index is 0.0514. The summed E-state index contributed by atoms with van der Waals surface area (Å²) in [5.74, 6) is -2.76. The first-order valence-corrected chi connectivity index (χ1v) is 4.70. The van der Waals surface area contributed by atoms with Crippen LogP contribution in [0.2, 0.25) is 0 Å². The van der Waals surface area contributed by atoms with Crippen LogP contribution in [0.25, 0.3) is 0 Å². The van der Waals surface area contributed by atoms with E-state index in [1.54, 1.807) is 4.98 Å². The van der Waals surface area contributed by atoms with E-state index in [1.165, 1.54) is 22.6 Å². The summed E-state index contributed by atoms with van der Waals surface area (Å²) in [4.78, 5) is 23.3. The number of carbonyl (C=O) groups is 1. The van der Waals surface area contributed by atoms with E-state index < -0.39 is 29.3 Å². The van der Waals surface area contributed by atoms with Crippen LogP contribution >= 0.6 is 22.6 Å². The topological polar surface area (TPSA) is 79.4 Å². The number of H-pyrrole nitrogens is 1. The number of carboxylic acid groups (broad SMARTS) is 1. The lowest BCUT2D eigenvalue weighted by atomic mass is 10.3. The lowest BCUT2D eigenvalue weighted by Gasteiger charge is -2.10. The van der Waals surface area contributed by atoms with Crippen molar-refractivity contribution in [2.24, 2.45) is 0 Å². The van der Waals surface area contributed by atoms with Gasteiger partial charge in [0.05, 0.1) is 3.57 Å². The maximum Gasteiger partial charge on any atom is 0.574 e. The molecule has 1 heterocycles. The predicted molar refractivity (Wildman–Crippen MR) is 53.4 cm³/mol. The Morgan fingerprint density at radius 3 is 2.50 bits per heavy atom. The van der Waals surface area contributed by atoms with Gasteiger partial charge < -0.3 is 9.84 Å². The van der Waals surface area contributed by atoms with Crippen molar-refractivity contribution in [1.82, 2.24) is 4.98 Å². The molecular weight excluding hydrogens is 346 g/mol. The Morgan fingerprint density at radius 2 is 2.06 bits per heavy atom. The molecular formula is C7H3F3INO4. The molecule has 0 bridgehead atoms. The standard InChI is InChI=1S/C7H3F3INO4/c8-7(9,10)16-5-2(6(14)15)1-3(11)4(13)12-5/h1H,(H,12,13)(H,14,15). The number of aromatic nitrogens is 1. The number of halogens is 4. The van der Waals surface area contributed by atoms with Crippen LogP contribution in [0.15, 0.2) is 10.9 Å². The summed E-state index contributed by atoms with van der Waals surface area (Å²) in [6.45, 7) is 0. The zero-order chi connectivity index (χ0) is 12.5. The molecule has 2 N–H and O–H groups in total. The number of carboxylic acids is 1. The van der Waals surface area contributed by atoms with Gasteiger partial charge in [-0.15, -0.1) is 13.2 Å². The van der Waals surface area contributed by atoms with Crippen molar-refractivity contribution in [2.75, 3.05) is 0 Å². The van der Waals surface area contributed by atoms with E-state index in [1.807, 2.05) is 0 Å². The Morgan fingerprint density at radius 1 is 1.50 bits per heavy atom. The number of rotatable bonds is 2. The largest absolute Gasteiger partial charge is 0.574 e. The molecule has 0 fully saturated rings. The lowest BCUT2D eigenvalue weighted by Crippen LogP contribution is -2.23. The van der Waals surface area contributed by atoms with Gasteiger partial charge in [-0.05, 0) is 28.7 Å². The van der Waals surface area contributed by atoms with Crippen LogP contribution in [-0.4, -0.2) is 22.4 Å². The molecule has 88 valence electrons. The van der Waals surface area contributed by atoms with Crippen molar-refractivity contribution < 1.29 is 27.8 Å². The molecule has 0 unspecified atom stereocenters. The number of pyridine rings is 1. The first-order chi connectivity index (χ1) is 7.20. The fourth-order valence-electron chi connectivity index (χ4n) is 0.843. The van der Waals surface area contributed by atoms with Crippen LogP contribution in [0.4, 0.5) is 13.2 Å². The summed E-state index contributed by atoms with van der Waals surface area (Å²) < 4.78 is 39.0. The van der Waals surface area contributed by atoms with Crippen LogP contribution in [0, 0.1) is 3.57 Å². The van der Waals surface area contributed by atoms with Crippen molar-refractivity contribution in [1.29, 1.82) is 0 Å².